The number of aromatic nitrogens is 4. The van der Waals surface area contributed by atoms with E-state index in [1.165, 1.54) is 0 Å². The van der Waals surface area contributed by atoms with Crippen molar-refractivity contribution in [3.63, 3.8) is 0 Å². The van der Waals surface area contributed by atoms with Crippen molar-refractivity contribution in [3.8, 4) is 11.3 Å². The highest BCUT2D eigenvalue weighted by atomic mass is 16.3. The van der Waals surface area contributed by atoms with Crippen LogP contribution in [-0.4, -0.2) is 31.3 Å². The van der Waals surface area contributed by atoms with Gasteiger partial charge in [-0.2, -0.15) is 5.10 Å². The van der Waals surface area contributed by atoms with Crippen LogP contribution in [0.1, 0.15) is 11.3 Å². The van der Waals surface area contributed by atoms with Crippen LogP contribution in [0.2, 0.25) is 0 Å². The van der Waals surface area contributed by atoms with Gasteiger partial charge in [-0.05, 0) is 31.2 Å². The van der Waals surface area contributed by atoms with Crippen molar-refractivity contribution >= 4 is 39.6 Å². The lowest BCUT2D eigenvalue weighted by Gasteiger charge is -2.08. The SMILES string of the molecule is Cc1cc(-c2n[nH]c3cc(NC(=O)Nc4c(CO)c5ccc4o5)ncc23)ccn1. The molecule has 0 radical (unpaired) electrons. The lowest BCUT2D eigenvalue weighted by molar-refractivity contribution is 0.262. The molecule has 29 heavy (non-hydrogen) atoms. The van der Waals surface area contributed by atoms with Crippen LogP contribution in [0.5, 0.6) is 0 Å². The van der Waals surface area contributed by atoms with E-state index in [1.54, 1.807) is 30.6 Å². The van der Waals surface area contributed by atoms with Gasteiger partial charge < -0.3 is 14.8 Å². The van der Waals surface area contributed by atoms with Crippen LogP contribution in [0.25, 0.3) is 33.3 Å². The second-order valence-electron chi connectivity index (χ2n) is 6.63. The van der Waals surface area contributed by atoms with E-state index in [0.29, 0.717) is 28.2 Å². The minimum atomic E-state index is -0.486. The summed E-state index contributed by atoms with van der Waals surface area (Å²) in [7, 11) is 0. The third kappa shape index (κ3) is 2.93. The van der Waals surface area contributed by atoms with Crippen LogP contribution in [0.4, 0.5) is 16.3 Å². The number of aryl methyl sites for hydroxylation is 1. The van der Waals surface area contributed by atoms with Crippen molar-refractivity contribution in [2.24, 2.45) is 0 Å². The monoisotopic (exact) mass is 388 g/mol. The van der Waals surface area contributed by atoms with Crippen LogP contribution >= 0.6 is 0 Å². The van der Waals surface area contributed by atoms with Crippen molar-refractivity contribution in [2.75, 3.05) is 10.6 Å². The number of anilines is 2. The molecule has 2 amide bonds. The van der Waals surface area contributed by atoms with Gasteiger partial charge in [-0.15, -0.1) is 0 Å². The Bertz CT molecular complexity index is 1340. The van der Waals surface area contributed by atoms with Crippen molar-refractivity contribution in [3.05, 3.63) is 54.0 Å². The molecule has 0 spiro atoms. The second-order valence-corrected chi connectivity index (χ2v) is 6.63. The van der Waals surface area contributed by atoms with E-state index >= 15 is 0 Å². The Labute approximate surface area is 164 Å². The Balaban J connectivity index is 1.38. The molecular formula is C20H16N6O3. The molecule has 2 bridgehead atoms. The van der Waals surface area contributed by atoms with Gasteiger partial charge in [0.25, 0.3) is 0 Å². The minimum Gasteiger partial charge on any atom is -0.455 e. The summed E-state index contributed by atoms with van der Waals surface area (Å²) in [5.74, 6) is 0.361. The van der Waals surface area contributed by atoms with Crippen molar-refractivity contribution in [1.82, 2.24) is 20.2 Å². The maximum atomic E-state index is 12.4. The van der Waals surface area contributed by atoms with Crippen LogP contribution < -0.4 is 10.6 Å². The summed E-state index contributed by atoms with van der Waals surface area (Å²) in [6.45, 7) is 1.69. The highest BCUT2D eigenvalue weighted by molar-refractivity contribution is 6.05. The number of pyridine rings is 2. The number of benzene rings is 1. The fourth-order valence-electron chi connectivity index (χ4n) is 3.36. The third-order valence-electron chi connectivity index (χ3n) is 4.71. The zero-order valence-electron chi connectivity index (χ0n) is 15.4. The molecule has 144 valence electrons. The fourth-order valence-corrected chi connectivity index (χ4v) is 3.36. The molecule has 0 aliphatic heterocycles. The molecule has 9 heteroatoms. The average molecular weight is 388 g/mol. The Morgan fingerprint density at radius 2 is 2.03 bits per heavy atom. The van der Waals surface area contributed by atoms with Gasteiger partial charge in [0.15, 0.2) is 5.58 Å². The highest BCUT2D eigenvalue weighted by Crippen LogP contribution is 2.33. The predicted octanol–water partition coefficient (Wildman–Crippen LogP) is 3.65. The predicted molar refractivity (Wildman–Crippen MR) is 108 cm³/mol. The van der Waals surface area contributed by atoms with E-state index in [-0.39, 0.29) is 6.61 Å². The number of hydrogen-bond donors (Lipinski definition) is 4. The maximum absolute atomic E-state index is 12.4. The molecule has 0 saturated carbocycles. The number of hydrogen-bond acceptors (Lipinski definition) is 6. The number of H-pyrrole nitrogens is 1. The van der Waals surface area contributed by atoms with Crippen LogP contribution in [0, 0.1) is 6.92 Å². The highest BCUT2D eigenvalue weighted by Gasteiger charge is 2.18. The van der Waals surface area contributed by atoms with E-state index in [0.717, 1.165) is 27.9 Å². The molecule has 9 nitrogen and oxygen atoms in total. The number of amides is 2. The lowest BCUT2D eigenvalue weighted by Crippen LogP contribution is -2.20. The molecule has 5 aromatic rings. The topological polar surface area (TPSA) is 129 Å². The summed E-state index contributed by atoms with van der Waals surface area (Å²) in [5, 5.41) is 23.1. The van der Waals surface area contributed by atoms with E-state index in [9.17, 15) is 9.90 Å². The van der Waals surface area contributed by atoms with E-state index in [1.807, 2.05) is 19.1 Å². The standard InChI is InChI=1S/C20H16N6O3/c1-10-6-11(4-5-21-10)18-12-8-22-17(7-14(12)25-26-18)23-20(28)24-19-13(9-27)15-2-3-16(19)29-15/h2-8,27H,9H2,1H3,(H,25,26)(H2,22,23,24,28). The first-order valence-corrected chi connectivity index (χ1v) is 8.92. The molecule has 5 aromatic heterocycles. The van der Waals surface area contributed by atoms with E-state index in [4.69, 9.17) is 4.42 Å². The number of nitrogens with zero attached hydrogens (tertiary/aromatic N) is 3. The number of urea groups is 1. The second kappa shape index (κ2) is 6.57. The smallest absolute Gasteiger partial charge is 0.324 e. The van der Waals surface area contributed by atoms with Crippen LogP contribution in [0.15, 0.2) is 47.1 Å². The van der Waals surface area contributed by atoms with Gasteiger partial charge in [-0.3, -0.25) is 15.4 Å². The number of aromatic amines is 1. The molecule has 5 rings (SSSR count). The number of carbonyl (C=O) groups excluding carboxylic acids is 1. The normalized spacial score (nSPS) is 11.4. The molecule has 0 unspecified atom stereocenters. The quantitative estimate of drug-likeness (QED) is 0.372. The number of rotatable bonds is 4. The number of furan rings is 2. The van der Waals surface area contributed by atoms with Gasteiger partial charge in [-0.1, -0.05) is 0 Å². The van der Waals surface area contributed by atoms with Crippen LogP contribution in [0.3, 0.4) is 0 Å². The number of fused-ring (bicyclic) bond motifs is 3. The Morgan fingerprint density at radius 3 is 2.86 bits per heavy atom. The summed E-state index contributed by atoms with van der Waals surface area (Å²) in [4.78, 5) is 20.9. The van der Waals surface area contributed by atoms with Gasteiger partial charge >= 0.3 is 6.03 Å². The molecule has 0 aromatic carbocycles. The summed E-state index contributed by atoms with van der Waals surface area (Å²) >= 11 is 0. The Kier molecular flexibility index (Phi) is 3.88. The molecule has 0 atom stereocenters. The minimum absolute atomic E-state index is 0.228. The van der Waals surface area contributed by atoms with Crippen molar-refractivity contribution in [2.45, 2.75) is 13.5 Å². The Morgan fingerprint density at radius 1 is 1.17 bits per heavy atom. The van der Waals surface area contributed by atoms with Gasteiger partial charge in [0.1, 0.15) is 17.1 Å². The first-order valence-electron chi connectivity index (χ1n) is 8.92. The number of aliphatic hydroxyl groups is 1. The summed E-state index contributed by atoms with van der Waals surface area (Å²) in [5.41, 5.74) is 5.41. The van der Waals surface area contributed by atoms with E-state index in [2.05, 4.69) is 30.8 Å². The first-order chi connectivity index (χ1) is 14.1. The average Bonchev–Trinajstić information content (AvgIpc) is 3.42. The summed E-state index contributed by atoms with van der Waals surface area (Å²) in [6.07, 6.45) is 3.39. The summed E-state index contributed by atoms with van der Waals surface area (Å²) in [6, 6.07) is 8.54. The zero-order chi connectivity index (χ0) is 20.0. The van der Waals surface area contributed by atoms with Gasteiger partial charge in [0.05, 0.1) is 17.8 Å². The Hall–Kier alpha value is -3.98. The van der Waals surface area contributed by atoms with E-state index < -0.39 is 6.03 Å². The lowest BCUT2D eigenvalue weighted by atomic mass is 10.1. The molecular weight excluding hydrogens is 372 g/mol. The van der Waals surface area contributed by atoms with Gasteiger partial charge in [0, 0.05) is 40.7 Å². The number of nitrogens with one attached hydrogen (secondary N) is 3. The number of aliphatic hydroxyl groups excluding tert-OH is 1. The largest absolute Gasteiger partial charge is 0.455 e. The molecule has 5 heterocycles. The third-order valence-corrected chi connectivity index (χ3v) is 4.71. The fraction of sp³-hybridized carbons (Fsp3) is 0.100. The van der Waals surface area contributed by atoms with Crippen molar-refractivity contribution in [1.29, 1.82) is 0 Å². The first kappa shape index (κ1) is 17.1. The zero-order valence-corrected chi connectivity index (χ0v) is 15.4. The van der Waals surface area contributed by atoms with Crippen molar-refractivity contribution < 1.29 is 14.3 Å². The molecule has 0 aliphatic carbocycles. The molecule has 0 fully saturated rings. The summed E-state index contributed by atoms with van der Waals surface area (Å²) < 4.78 is 5.46. The molecule has 0 saturated heterocycles. The molecule has 0 aliphatic rings. The van der Waals surface area contributed by atoms with Gasteiger partial charge in [-0.25, -0.2) is 9.78 Å². The molecule has 4 N–H and O–H groups in total. The van der Waals surface area contributed by atoms with Gasteiger partial charge in [0.2, 0.25) is 0 Å². The maximum Gasteiger partial charge on any atom is 0.324 e. The van der Waals surface area contributed by atoms with Crippen LogP contribution in [-0.2, 0) is 6.61 Å². The number of carbonyl (C=O) groups is 1.